The van der Waals surface area contributed by atoms with E-state index >= 15 is 0 Å². The molecule has 0 aliphatic carbocycles. The van der Waals surface area contributed by atoms with Crippen molar-refractivity contribution in [2.24, 2.45) is 5.84 Å². The quantitative estimate of drug-likeness (QED) is 0.634. The first kappa shape index (κ1) is 15.0. The summed E-state index contributed by atoms with van der Waals surface area (Å²) >= 11 is 0. The molecule has 0 bridgehead atoms. The number of hydrazine groups is 1. The lowest BCUT2D eigenvalue weighted by Crippen LogP contribution is -2.36. The summed E-state index contributed by atoms with van der Waals surface area (Å²) in [5.74, 6) is 7.38. The number of hydrogen-bond donors (Lipinski definition) is 2. The van der Waals surface area contributed by atoms with E-state index in [9.17, 15) is 0 Å². The SMILES string of the molecule is CCCc1nc(NN)cc(OC2CC(C)OC(C)C2)n1. The van der Waals surface area contributed by atoms with Gasteiger partial charge in [0.1, 0.15) is 17.7 Å². The zero-order valence-electron chi connectivity index (χ0n) is 12.4. The van der Waals surface area contributed by atoms with Gasteiger partial charge in [0.05, 0.1) is 12.2 Å². The van der Waals surface area contributed by atoms with Crippen molar-refractivity contribution in [3.05, 3.63) is 11.9 Å². The first-order chi connectivity index (χ1) is 9.60. The molecule has 0 radical (unpaired) electrons. The van der Waals surface area contributed by atoms with E-state index < -0.39 is 0 Å². The van der Waals surface area contributed by atoms with E-state index in [1.807, 2.05) is 0 Å². The van der Waals surface area contributed by atoms with Crippen molar-refractivity contribution < 1.29 is 9.47 Å². The molecule has 2 heterocycles. The van der Waals surface area contributed by atoms with Crippen LogP contribution in [0.25, 0.3) is 0 Å². The molecule has 0 amide bonds. The van der Waals surface area contributed by atoms with Gasteiger partial charge in [0, 0.05) is 25.3 Å². The Labute approximate surface area is 120 Å². The van der Waals surface area contributed by atoms with Gasteiger partial charge >= 0.3 is 0 Å². The number of aryl methyl sites for hydroxylation is 1. The van der Waals surface area contributed by atoms with Crippen LogP contribution in [0.2, 0.25) is 0 Å². The van der Waals surface area contributed by atoms with Gasteiger partial charge in [-0.05, 0) is 20.3 Å². The van der Waals surface area contributed by atoms with Crippen LogP contribution in [0.4, 0.5) is 5.82 Å². The minimum Gasteiger partial charge on any atom is -0.474 e. The second-order valence-corrected chi connectivity index (χ2v) is 5.37. The number of anilines is 1. The number of nitrogen functional groups attached to an aromatic ring is 1. The first-order valence-electron chi connectivity index (χ1n) is 7.27. The summed E-state index contributed by atoms with van der Waals surface area (Å²) in [6, 6.07) is 1.74. The van der Waals surface area contributed by atoms with Gasteiger partial charge in [0.2, 0.25) is 5.88 Å². The number of nitrogens with two attached hydrogens (primary N) is 1. The average molecular weight is 280 g/mol. The highest BCUT2D eigenvalue weighted by atomic mass is 16.5. The molecule has 1 fully saturated rings. The van der Waals surface area contributed by atoms with E-state index in [1.165, 1.54) is 0 Å². The molecule has 2 unspecified atom stereocenters. The van der Waals surface area contributed by atoms with E-state index in [0.29, 0.717) is 11.7 Å². The molecular weight excluding hydrogens is 256 g/mol. The third-order valence-corrected chi connectivity index (χ3v) is 3.31. The fraction of sp³-hybridized carbons (Fsp3) is 0.714. The molecule has 3 N–H and O–H groups in total. The number of hydrogen-bond acceptors (Lipinski definition) is 6. The molecule has 112 valence electrons. The van der Waals surface area contributed by atoms with E-state index in [1.54, 1.807) is 6.07 Å². The van der Waals surface area contributed by atoms with E-state index in [-0.39, 0.29) is 18.3 Å². The lowest BCUT2D eigenvalue weighted by molar-refractivity contribution is -0.0730. The largest absolute Gasteiger partial charge is 0.474 e. The predicted molar refractivity (Wildman–Crippen MR) is 77.5 cm³/mol. The average Bonchev–Trinajstić information content (AvgIpc) is 2.37. The van der Waals surface area contributed by atoms with Crippen molar-refractivity contribution in [3.63, 3.8) is 0 Å². The third kappa shape index (κ3) is 4.05. The minimum absolute atomic E-state index is 0.128. The smallest absolute Gasteiger partial charge is 0.219 e. The van der Waals surface area contributed by atoms with Gasteiger partial charge in [-0.25, -0.2) is 10.8 Å². The molecule has 1 saturated heterocycles. The first-order valence-corrected chi connectivity index (χ1v) is 7.27. The Balaban J connectivity index is 2.09. The maximum atomic E-state index is 6.00. The number of rotatable bonds is 5. The fourth-order valence-electron chi connectivity index (χ4n) is 2.55. The highest BCUT2D eigenvalue weighted by molar-refractivity contribution is 5.37. The zero-order valence-corrected chi connectivity index (χ0v) is 12.4. The summed E-state index contributed by atoms with van der Waals surface area (Å²) in [7, 11) is 0. The third-order valence-electron chi connectivity index (χ3n) is 3.31. The van der Waals surface area contributed by atoms with Crippen LogP contribution in [-0.4, -0.2) is 28.3 Å². The Morgan fingerprint density at radius 2 is 2.05 bits per heavy atom. The van der Waals surface area contributed by atoms with E-state index in [2.05, 4.69) is 36.2 Å². The van der Waals surface area contributed by atoms with E-state index in [4.69, 9.17) is 15.3 Å². The van der Waals surface area contributed by atoms with Crippen LogP contribution in [0, 0.1) is 0 Å². The Morgan fingerprint density at radius 1 is 1.35 bits per heavy atom. The highest BCUT2D eigenvalue weighted by Crippen LogP contribution is 2.24. The molecule has 0 spiro atoms. The number of nitrogens with one attached hydrogen (secondary N) is 1. The van der Waals surface area contributed by atoms with E-state index in [0.717, 1.165) is 31.5 Å². The molecule has 1 aromatic heterocycles. The second kappa shape index (κ2) is 6.85. The molecule has 0 saturated carbocycles. The molecule has 1 aromatic rings. The zero-order chi connectivity index (χ0) is 14.5. The van der Waals surface area contributed by atoms with Crippen LogP contribution in [0.15, 0.2) is 6.07 Å². The standard InChI is InChI=1S/C14H24N4O2/c1-4-5-12-16-13(18-15)8-14(17-12)20-11-6-9(2)19-10(3)7-11/h8-11H,4-7,15H2,1-3H3,(H,16,17,18). The molecular formula is C14H24N4O2. The number of ether oxygens (including phenoxy) is 2. The Morgan fingerprint density at radius 3 is 2.65 bits per heavy atom. The van der Waals surface area contributed by atoms with Gasteiger partial charge < -0.3 is 14.9 Å². The Kier molecular flexibility index (Phi) is 5.14. The number of nitrogens with zero attached hydrogens (tertiary/aromatic N) is 2. The monoisotopic (exact) mass is 280 g/mol. The summed E-state index contributed by atoms with van der Waals surface area (Å²) in [5.41, 5.74) is 2.57. The van der Waals surface area contributed by atoms with Gasteiger partial charge in [-0.15, -0.1) is 0 Å². The minimum atomic E-state index is 0.128. The van der Waals surface area contributed by atoms with Crippen LogP contribution >= 0.6 is 0 Å². The summed E-state index contributed by atoms with van der Waals surface area (Å²) in [6.07, 6.45) is 4.11. The molecule has 2 rings (SSSR count). The van der Waals surface area contributed by atoms with Crippen LogP contribution < -0.4 is 16.0 Å². The van der Waals surface area contributed by atoms with Gasteiger partial charge in [-0.2, -0.15) is 4.98 Å². The second-order valence-electron chi connectivity index (χ2n) is 5.37. The number of aromatic nitrogens is 2. The normalized spacial score (nSPS) is 26.3. The van der Waals surface area contributed by atoms with Gasteiger partial charge in [0.25, 0.3) is 0 Å². The molecule has 1 aliphatic heterocycles. The summed E-state index contributed by atoms with van der Waals surface area (Å²) in [5, 5.41) is 0. The summed E-state index contributed by atoms with van der Waals surface area (Å²) in [4.78, 5) is 8.76. The van der Waals surface area contributed by atoms with Gasteiger partial charge in [-0.1, -0.05) is 6.92 Å². The highest BCUT2D eigenvalue weighted by Gasteiger charge is 2.26. The van der Waals surface area contributed by atoms with Crippen LogP contribution in [0.3, 0.4) is 0 Å². The van der Waals surface area contributed by atoms with Crippen molar-refractivity contribution in [1.29, 1.82) is 0 Å². The van der Waals surface area contributed by atoms with Crippen molar-refractivity contribution in [2.75, 3.05) is 5.43 Å². The lowest BCUT2D eigenvalue weighted by atomic mass is 10.0. The molecule has 1 aliphatic rings. The van der Waals surface area contributed by atoms with Gasteiger partial charge in [-0.3, -0.25) is 0 Å². The topological polar surface area (TPSA) is 82.3 Å². The molecule has 2 atom stereocenters. The molecule has 6 nitrogen and oxygen atoms in total. The van der Waals surface area contributed by atoms with Crippen molar-refractivity contribution in [3.8, 4) is 5.88 Å². The fourth-order valence-corrected chi connectivity index (χ4v) is 2.55. The predicted octanol–water partition coefficient (Wildman–Crippen LogP) is 2.05. The van der Waals surface area contributed by atoms with Crippen molar-refractivity contribution >= 4 is 5.82 Å². The van der Waals surface area contributed by atoms with Crippen LogP contribution in [0.1, 0.15) is 45.9 Å². The maximum Gasteiger partial charge on any atom is 0.219 e. The Hall–Kier alpha value is -1.40. The van der Waals surface area contributed by atoms with Crippen molar-refractivity contribution in [1.82, 2.24) is 9.97 Å². The molecule has 6 heteroatoms. The lowest BCUT2D eigenvalue weighted by Gasteiger charge is -2.32. The molecule has 0 aromatic carbocycles. The van der Waals surface area contributed by atoms with Crippen molar-refractivity contribution in [2.45, 2.75) is 64.8 Å². The molecule has 20 heavy (non-hydrogen) atoms. The van der Waals surface area contributed by atoms with Gasteiger partial charge in [0.15, 0.2) is 0 Å². The Bertz CT molecular complexity index is 431. The summed E-state index contributed by atoms with van der Waals surface area (Å²) < 4.78 is 11.7. The summed E-state index contributed by atoms with van der Waals surface area (Å²) in [6.45, 7) is 6.23. The maximum absolute atomic E-state index is 6.00. The van der Waals surface area contributed by atoms with Crippen LogP contribution in [-0.2, 0) is 11.2 Å². The van der Waals surface area contributed by atoms with Crippen LogP contribution in [0.5, 0.6) is 5.88 Å².